The third kappa shape index (κ3) is 1.94. The molecule has 0 aliphatic heterocycles. The van der Waals surface area contributed by atoms with Gasteiger partial charge in [0.2, 0.25) is 0 Å². The number of hydrogen-bond acceptors (Lipinski definition) is 1. The number of hydrogen-bond donors (Lipinski definition) is 1. The van der Waals surface area contributed by atoms with Crippen molar-refractivity contribution in [1.29, 1.82) is 0 Å². The summed E-state index contributed by atoms with van der Waals surface area (Å²) in [5, 5.41) is 3.89. The van der Waals surface area contributed by atoms with Gasteiger partial charge in [-0.15, -0.1) is 0 Å². The Labute approximate surface area is 131 Å². The molecular formula is C18H26BrN. The number of benzene rings is 1. The molecule has 0 spiro atoms. The Morgan fingerprint density at radius 3 is 2.60 bits per heavy atom. The zero-order valence-corrected chi connectivity index (χ0v) is 14.7. The summed E-state index contributed by atoms with van der Waals surface area (Å²) >= 11 is 3.58. The van der Waals surface area contributed by atoms with Gasteiger partial charge in [0.05, 0.1) is 0 Å². The molecule has 0 heterocycles. The van der Waals surface area contributed by atoms with Crippen LogP contribution in [-0.2, 0) is 6.42 Å². The Bertz CT molecular complexity index is 522. The highest BCUT2D eigenvalue weighted by molar-refractivity contribution is 9.10. The summed E-state index contributed by atoms with van der Waals surface area (Å²) < 4.78 is 1.18. The van der Waals surface area contributed by atoms with E-state index in [0.29, 0.717) is 16.9 Å². The molecule has 0 radical (unpaired) electrons. The lowest BCUT2D eigenvalue weighted by molar-refractivity contribution is 0.142. The van der Waals surface area contributed by atoms with E-state index in [4.69, 9.17) is 0 Å². The van der Waals surface area contributed by atoms with Gasteiger partial charge < -0.3 is 5.32 Å². The second-order valence-corrected chi connectivity index (χ2v) is 8.38. The molecule has 0 amide bonds. The van der Waals surface area contributed by atoms with Crippen LogP contribution >= 0.6 is 15.9 Å². The second-order valence-electron chi connectivity index (χ2n) is 7.46. The number of anilines is 1. The van der Waals surface area contributed by atoms with Gasteiger partial charge in [-0.05, 0) is 66.2 Å². The van der Waals surface area contributed by atoms with Crippen LogP contribution in [0.3, 0.4) is 0 Å². The first kappa shape index (κ1) is 14.4. The molecule has 3 rings (SSSR count). The number of aryl methyl sites for hydroxylation is 1. The molecule has 1 aromatic carbocycles. The summed E-state index contributed by atoms with van der Waals surface area (Å²) in [6.45, 7) is 9.70. The fourth-order valence-electron chi connectivity index (χ4n) is 4.61. The summed E-state index contributed by atoms with van der Waals surface area (Å²) in [6.07, 6.45) is 5.21. The van der Waals surface area contributed by atoms with E-state index >= 15 is 0 Å². The normalized spacial score (nSPS) is 34.5. The van der Waals surface area contributed by atoms with E-state index in [1.54, 1.807) is 0 Å². The van der Waals surface area contributed by atoms with Gasteiger partial charge in [-0.2, -0.15) is 0 Å². The molecule has 3 atom stereocenters. The minimum Gasteiger partial charge on any atom is -0.382 e. The average Bonchev–Trinajstić information content (AvgIpc) is 2.74. The predicted molar refractivity (Wildman–Crippen MR) is 90.2 cm³/mol. The van der Waals surface area contributed by atoms with Crippen molar-refractivity contribution in [2.45, 2.75) is 59.4 Å². The standard InChI is InChI=1S/C18H26BrN/c1-5-12-10-14(19)6-7-15(12)20-16-11-13-8-9-18(16,4)17(13,2)3/h6-7,10,13,16,20H,5,8-9,11H2,1-4H3. The molecule has 0 saturated heterocycles. The Hall–Kier alpha value is -0.500. The Kier molecular flexibility index (Phi) is 3.44. The first-order valence-corrected chi connectivity index (χ1v) is 8.72. The maximum Gasteiger partial charge on any atom is 0.0375 e. The molecule has 1 N–H and O–H groups in total. The Morgan fingerprint density at radius 1 is 1.30 bits per heavy atom. The minimum absolute atomic E-state index is 0.440. The van der Waals surface area contributed by atoms with Gasteiger partial charge in [-0.1, -0.05) is 43.6 Å². The molecule has 3 unspecified atom stereocenters. The van der Waals surface area contributed by atoms with Crippen molar-refractivity contribution in [1.82, 2.24) is 0 Å². The van der Waals surface area contributed by atoms with Gasteiger partial charge in [0, 0.05) is 16.2 Å². The van der Waals surface area contributed by atoms with E-state index in [9.17, 15) is 0 Å². The third-order valence-corrected chi connectivity index (χ3v) is 7.07. The maximum atomic E-state index is 3.89. The number of rotatable bonds is 3. The van der Waals surface area contributed by atoms with Crippen molar-refractivity contribution in [2.75, 3.05) is 5.32 Å². The summed E-state index contributed by atoms with van der Waals surface area (Å²) in [7, 11) is 0. The van der Waals surface area contributed by atoms with E-state index < -0.39 is 0 Å². The summed E-state index contributed by atoms with van der Waals surface area (Å²) in [5.74, 6) is 0.894. The van der Waals surface area contributed by atoms with Gasteiger partial charge in [0.25, 0.3) is 0 Å². The Morgan fingerprint density at radius 2 is 2.05 bits per heavy atom. The molecule has 2 bridgehead atoms. The van der Waals surface area contributed by atoms with Crippen LogP contribution in [0.1, 0.15) is 52.5 Å². The molecule has 2 fully saturated rings. The third-order valence-electron chi connectivity index (χ3n) is 6.57. The van der Waals surface area contributed by atoms with Gasteiger partial charge in [-0.25, -0.2) is 0 Å². The lowest BCUT2D eigenvalue weighted by atomic mass is 9.69. The molecule has 2 saturated carbocycles. The first-order chi connectivity index (χ1) is 9.38. The van der Waals surface area contributed by atoms with Crippen LogP contribution < -0.4 is 5.32 Å². The highest BCUT2D eigenvalue weighted by Gasteiger charge is 2.61. The molecule has 0 aromatic heterocycles. The quantitative estimate of drug-likeness (QED) is 0.753. The van der Waals surface area contributed by atoms with Crippen LogP contribution in [0.4, 0.5) is 5.69 Å². The second kappa shape index (κ2) is 4.76. The van der Waals surface area contributed by atoms with Crippen LogP contribution in [0.2, 0.25) is 0 Å². The van der Waals surface area contributed by atoms with Gasteiger partial charge in [-0.3, -0.25) is 0 Å². The Balaban J connectivity index is 1.87. The summed E-state index contributed by atoms with van der Waals surface area (Å²) in [5.41, 5.74) is 3.68. The van der Waals surface area contributed by atoms with Crippen LogP contribution in [-0.4, -0.2) is 6.04 Å². The number of fused-ring (bicyclic) bond motifs is 2. The lowest BCUT2D eigenvalue weighted by Gasteiger charge is -2.40. The fourth-order valence-corrected chi connectivity index (χ4v) is 5.01. The van der Waals surface area contributed by atoms with E-state index in [1.165, 1.54) is 35.0 Å². The van der Waals surface area contributed by atoms with Crippen molar-refractivity contribution in [3.05, 3.63) is 28.2 Å². The van der Waals surface area contributed by atoms with Gasteiger partial charge in [0.15, 0.2) is 0 Å². The summed E-state index contributed by atoms with van der Waals surface area (Å²) in [6, 6.07) is 7.28. The molecule has 2 aliphatic rings. The fraction of sp³-hybridized carbons (Fsp3) is 0.667. The first-order valence-electron chi connectivity index (χ1n) is 7.93. The minimum atomic E-state index is 0.440. The molecular weight excluding hydrogens is 310 g/mol. The highest BCUT2D eigenvalue weighted by Crippen LogP contribution is 2.65. The SMILES string of the molecule is CCc1cc(Br)ccc1NC1CC2CCC1(C)C2(C)C. The molecule has 2 heteroatoms. The number of halogens is 1. The zero-order valence-electron chi connectivity index (χ0n) is 13.1. The van der Waals surface area contributed by atoms with E-state index in [-0.39, 0.29) is 0 Å². The zero-order chi connectivity index (χ0) is 14.5. The largest absolute Gasteiger partial charge is 0.382 e. The molecule has 1 nitrogen and oxygen atoms in total. The molecule has 2 aliphatic carbocycles. The topological polar surface area (TPSA) is 12.0 Å². The van der Waals surface area contributed by atoms with Crippen molar-refractivity contribution in [2.24, 2.45) is 16.7 Å². The maximum absolute atomic E-state index is 3.89. The molecule has 110 valence electrons. The average molecular weight is 336 g/mol. The van der Waals surface area contributed by atoms with Crippen molar-refractivity contribution >= 4 is 21.6 Å². The summed E-state index contributed by atoms with van der Waals surface area (Å²) in [4.78, 5) is 0. The van der Waals surface area contributed by atoms with Crippen molar-refractivity contribution in [3.8, 4) is 0 Å². The van der Waals surface area contributed by atoms with E-state index in [0.717, 1.165) is 12.3 Å². The predicted octanol–water partition coefficient (Wildman–Crippen LogP) is 5.64. The van der Waals surface area contributed by atoms with Crippen LogP contribution in [0.25, 0.3) is 0 Å². The molecule has 1 aromatic rings. The van der Waals surface area contributed by atoms with Crippen LogP contribution in [0, 0.1) is 16.7 Å². The van der Waals surface area contributed by atoms with Gasteiger partial charge >= 0.3 is 0 Å². The lowest BCUT2D eigenvalue weighted by Crippen LogP contribution is -2.40. The monoisotopic (exact) mass is 335 g/mol. The smallest absolute Gasteiger partial charge is 0.0375 e. The number of nitrogens with one attached hydrogen (secondary N) is 1. The molecule has 20 heavy (non-hydrogen) atoms. The van der Waals surface area contributed by atoms with Crippen LogP contribution in [0.15, 0.2) is 22.7 Å². The van der Waals surface area contributed by atoms with Gasteiger partial charge in [0.1, 0.15) is 0 Å². The highest BCUT2D eigenvalue weighted by atomic mass is 79.9. The van der Waals surface area contributed by atoms with Crippen LogP contribution in [0.5, 0.6) is 0 Å². The van der Waals surface area contributed by atoms with E-state index in [2.05, 4.69) is 67.1 Å². The van der Waals surface area contributed by atoms with E-state index in [1.807, 2.05) is 0 Å². The van der Waals surface area contributed by atoms with Crippen molar-refractivity contribution in [3.63, 3.8) is 0 Å². The van der Waals surface area contributed by atoms with Crippen molar-refractivity contribution < 1.29 is 0 Å².